The molecule has 1 atom stereocenters. The summed E-state index contributed by atoms with van der Waals surface area (Å²) >= 11 is 0. The van der Waals surface area contributed by atoms with Crippen LogP contribution in [0.1, 0.15) is 17.2 Å². The maximum absolute atomic E-state index is 10.2. The predicted molar refractivity (Wildman–Crippen MR) is 96.6 cm³/mol. The molecule has 116 valence electrons. The number of fused-ring (bicyclic) bond motifs is 1. The van der Waals surface area contributed by atoms with Gasteiger partial charge in [-0.05, 0) is 34.7 Å². The van der Waals surface area contributed by atoms with Gasteiger partial charge in [0, 0.05) is 11.1 Å². The highest BCUT2D eigenvalue weighted by Crippen LogP contribution is 2.23. The van der Waals surface area contributed by atoms with Crippen LogP contribution in [-0.2, 0) is 0 Å². The van der Waals surface area contributed by atoms with Gasteiger partial charge in [-0.3, -0.25) is 0 Å². The van der Waals surface area contributed by atoms with Gasteiger partial charge >= 0.3 is 0 Å². The molecule has 0 fully saturated rings. The van der Waals surface area contributed by atoms with Crippen LogP contribution in [0.2, 0.25) is 0 Å². The molecular weight excluding hydrogens is 296 g/mol. The fourth-order valence-electron chi connectivity index (χ4n) is 2.51. The molecule has 0 heterocycles. The Morgan fingerprint density at radius 2 is 1.62 bits per heavy atom. The van der Waals surface area contributed by atoms with Crippen LogP contribution in [0.15, 0.2) is 66.7 Å². The standard InChI is InChI=1S/C22H16O2/c1-24-22-16-7-5-14-20(22)21(23)15-6-3-10-18-12-8-11-17-9-2-4-13-19(17)18/h2,4-5,7-9,11-14,16,21,23H,1H3. The summed E-state index contributed by atoms with van der Waals surface area (Å²) in [5.41, 5.74) is 1.56. The van der Waals surface area contributed by atoms with Gasteiger partial charge in [-0.25, -0.2) is 0 Å². The van der Waals surface area contributed by atoms with Crippen LogP contribution in [-0.4, -0.2) is 12.2 Å². The minimum atomic E-state index is -0.928. The quantitative estimate of drug-likeness (QED) is 0.726. The average Bonchev–Trinajstić information content (AvgIpc) is 2.65. The fraction of sp³-hybridized carbons (Fsp3) is 0.0909. The lowest BCUT2D eigenvalue weighted by Crippen LogP contribution is -1.97. The summed E-state index contributed by atoms with van der Waals surface area (Å²) in [5.74, 6) is 12.0. The van der Waals surface area contributed by atoms with Gasteiger partial charge in [0.1, 0.15) is 11.9 Å². The Hall–Kier alpha value is -3.20. The molecule has 1 N–H and O–H groups in total. The van der Waals surface area contributed by atoms with Crippen molar-refractivity contribution in [2.24, 2.45) is 0 Å². The van der Waals surface area contributed by atoms with Crippen molar-refractivity contribution in [3.8, 4) is 29.4 Å². The number of aliphatic hydroxyl groups is 1. The van der Waals surface area contributed by atoms with Gasteiger partial charge in [-0.15, -0.1) is 0 Å². The third-order valence-electron chi connectivity index (χ3n) is 3.69. The number of aliphatic hydroxyl groups excluding tert-OH is 1. The molecule has 24 heavy (non-hydrogen) atoms. The zero-order valence-electron chi connectivity index (χ0n) is 13.3. The van der Waals surface area contributed by atoms with Crippen LogP contribution >= 0.6 is 0 Å². The molecule has 0 spiro atoms. The molecule has 0 aliphatic rings. The lowest BCUT2D eigenvalue weighted by atomic mass is 10.1. The van der Waals surface area contributed by atoms with Crippen molar-refractivity contribution in [2.45, 2.75) is 6.10 Å². The number of benzene rings is 3. The number of methoxy groups -OCH3 is 1. The Balaban J connectivity index is 1.84. The number of ether oxygens (including phenoxy) is 1. The third kappa shape index (κ3) is 3.41. The van der Waals surface area contributed by atoms with Gasteiger partial charge in [-0.2, -0.15) is 0 Å². The van der Waals surface area contributed by atoms with E-state index in [4.69, 9.17) is 4.74 Å². The highest BCUT2D eigenvalue weighted by Gasteiger charge is 2.08. The summed E-state index contributed by atoms with van der Waals surface area (Å²) in [7, 11) is 1.57. The topological polar surface area (TPSA) is 29.5 Å². The summed E-state index contributed by atoms with van der Waals surface area (Å²) in [6, 6.07) is 21.3. The summed E-state index contributed by atoms with van der Waals surface area (Å²) < 4.78 is 5.23. The molecule has 0 bridgehead atoms. The van der Waals surface area contributed by atoms with Crippen molar-refractivity contribution in [3.63, 3.8) is 0 Å². The SMILES string of the molecule is COc1ccccc1C(O)C#CC#Cc1cccc2ccccc12. The van der Waals surface area contributed by atoms with Gasteiger partial charge < -0.3 is 9.84 Å². The molecule has 0 aliphatic carbocycles. The molecule has 1 unspecified atom stereocenters. The van der Waals surface area contributed by atoms with E-state index in [9.17, 15) is 5.11 Å². The second-order valence-corrected chi connectivity index (χ2v) is 5.19. The van der Waals surface area contributed by atoms with Gasteiger partial charge in [0.25, 0.3) is 0 Å². The Morgan fingerprint density at radius 1 is 0.875 bits per heavy atom. The molecule has 0 saturated carbocycles. The van der Waals surface area contributed by atoms with Crippen LogP contribution in [0.5, 0.6) is 5.75 Å². The molecule has 0 radical (unpaired) electrons. The van der Waals surface area contributed by atoms with Crippen molar-refractivity contribution in [1.82, 2.24) is 0 Å². The number of hydrogen-bond donors (Lipinski definition) is 1. The van der Waals surface area contributed by atoms with Crippen molar-refractivity contribution >= 4 is 10.8 Å². The second kappa shape index (κ2) is 7.38. The zero-order valence-corrected chi connectivity index (χ0v) is 13.3. The Kier molecular flexibility index (Phi) is 4.82. The van der Waals surface area contributed by atoms with E-state index in [2.05, 4.69) is 35.8 Å². The Bertz CT molecular complexity index is 976. The third-order valence-corrected chi connectivity index (χ3v) is 3.69. The first kappa shape index (κ1) is 15.7. The molecular formula is C22H16O2. The summed E-state index contributed by atoms with van der Waals surface area (Å²) in [4.78, 5) is 0. The van der Waals surface area contributed by atoms with Gasteiger partial charge in [0.15, 0.2) is 0 Å². The van der Waals surface area contributed by atoms with E-state index in [1.165, 1.54) is 0 Å². The molecule has 0 aromatic heterocycles. The highest BCUT2D eigenvalue weighted by atomic mass is 16.5. The minimum absolute atomic E-state index is 0.612. The molecule has 0 aliphatic heterocycles. The molecule has 3 rings (SSSR count). The first-order valence-corrected chi connectivity index (χ1v) is 7.60. The number of rotatable bonds is 2. The van der Waals surface area contributed by atoms with E-state index in [1.54, 1.807) is 19.2 Å². The van der Waals surface area contributed by atoms with E-state index in [0.29, 0.717) is 11.3 Å². The van der Waals surface area contributed by atoms with Gasteiger partial charge in [0.2, 0.25) is 0 Å². The van der Waals surface area contributed by atoms with Crippen LogP contribution < -0.4 is 4.74 Å². The number of hydrogen-bond acceptors (Lipinski definition) is 2. The van der Waals surface area contributed by atoms with E-state index < -0.39 is 6.10 Å². The molecule has 3 aromatic rings. The predicted octanol–water partition coefficient (Wildman–Crippen LogP) is 3.94. The Morgan fingerprint density at radius 3 is 2.50 bits per heavy atom. The maximum atomic E-state index is 10.2. The maximum Gasteiger partial charge on any atom is 0.144 e. The molecule has 2 nitrogen and oxygen atoms in total. The van der Waals surface area contributed by atoms with Crippen molar-refractivity contribution in [1.29, 1.82) is 0 Å². The highest BCUT2D eigenvalue weighted by molar-refractivity contribution is 5.88. The fourth-order valence-corrected chi connectivity index (χ4v) is 2.51. The van der Waals surface area contributed by atoms with E-state index in [1.807, 2.05) is 42.5 Å². The van der Waals surface area contributed by atoms with Gasteiger partial charge in [-0.1, -0.05) is 66.4 Å². The summed E-state index contributed by atoms with van der Waals surface area (Å²) in [6.07, 6.45) is -0.928. The molecule has 0 amide bonds. The first-order valence-electron chi connectivity index (χ1n) is 7.60. The zero-order chi connectivity index (χ0) is 16.8. The van der Waals surface area contributed by atoms with Crippen LogP contribution in [0.25, 0.3) is 10.8 Å². The molecule has 0 saturated heterocycles. The van der Waals surface area contributed by atoms with Crippen LogP contribution in [0, 0.1) is 23.7 Å². The smallest absolute Gasteiger partial charge is 0.144 e. The number of para-hydroxylation sites is 1. The lowest BCUT2D eigenvalue weighted by molar-refractivity contribution is 0.232. The van der Waals surface area contributed by atoms with E-state index in [0.717, 1.165) is 16.3 Å². The van der Waals surface area contributed by atoms with E-state index >= 15 is 0 Å². The lowest BCUT2D eigenvalue weighted by Gasteiger charge is -2.08. The van der Waals surface area contributed by atoms with Crippen molar-refractivity contribution < 1.29 is 9.84 Å². The normalized spacial score (nSPS) is 10.9. The average molecular weight is 312 g/mol. The molecule has 2 heteroatoms. The van der Waals surface area contributed by atoms with Crippen molar-refractivity contribution in [3.05, 3.63) is 77.9 Å². The monoisotopic (exact) mass is 312 g/mol. The first-order chi connectivity index (χ1) is 11.8. The Labute approximate surface area is 141 Å². The largest absolute Gasteiger partial charge is 0.496 e. The molecule has 3 aromatic carbocycles. The summed E-state index contributed by atoms with van der Waals surface area (Å²) in [5, 5.41) is 12.4. The van der Waals surface area contributed by atoms with Crippen molar-refractivity contribution in [2.75, 3.05) is 7.11 Å². The van der Waals surface area contributed by atoms with Gasteiger partial charge in [0.05, 0.1) is 7.11 Å². The minimum Gasteiger partial charge on any atom is -0.496 e. The van der Waals surface area contributed by atoms with E-state index in [-0.39, 0.29) is 0 Å². The second-order valence-electron chi connectivity index (χ2n) is 5.19. The summed E-state index contributed by atoms with van der Waals surface area (Å²) in [6.45, 7) is 0. The van der Waals surface area contributed by atoms with Crippen LogP contribution in [0.4, 0.5) is 0 Å². The van der Waals surface area contributed by atoms with Crippen LogP contribution in [0.3, 0.4) is 0 Å².